The number of nitrogens with zero attached hydrogens (tertiary/aromatic N) is 3. The number of aromatic nitrogens is 3. The number of hydrogen-bond donors (Lipinski definition) is 2. The Bertz CT molecular complexity index is 1150. The molecule has 0 fully saturated rings. The van der Waals surface area contributed by atoms with Crippen LogP contribution < -0.4 is 10.6 Å². The summed E-state index contributed by atoms with van der Waals surface area (Å²) < 4.78 is 1.86. The standard InChI is InChI=1S/C26H31N5O2S/c1-6-14-31-24(19(5)27-25(33)21-9-7-8-18(4)15-21)29-30-26(31)34-16-23(32)28-22-12-10-20(11-13-22)17(2)3/h6-13,15,17,19H,1,14,16H2,2-5H3,(H,27,33)(H,28,32)/t19-/m1/s1. The van der Waals surface area contributed by atoms with Crippen LogP contribution in [0, 0.1) is 6.92 Å². The van der Waals surface area contributed by atoms with Crippen LogP contribution >= 0.6 is 11.8 Å². The zero-order valence-electron chi connectivity index (χ0n) is 20.0. The van der Waals surface area contributed by atoms with Crippen molar-refractivity contribution >= 4 is 29.3 Å². The largest absolute Gasteiger partial charge is 0.342 e. The molecule has 7 nitrogen and oxygen atoms in total. The summed E-state index contributed by atoms with van der Waals surface area (Å²) in [5.41, 5.74) is 3.59. The first-order valence-electron chi connectivity index (χ1n) is 11.2. The van der Waals surface area contributed by atoms with Crippen molar-refractivity contribution in [1.82, 2.24) is 20.1 Å². The number of anilines is 1. The fourth-order valence-electron chi connectivity index (χ4n) is 3.44. The Labute approximate surface area is 205 Å². The quantitative estimate of drug-likeness (QED) is 0.313. The number of allylic oxidation sites excluding steroid dienone is 1. The number of rotatable bonds is 10. The molecule has 1 heterocycles. The van der Waals surface area contributed by atoms with E-state index in [9.17, 15) is 9.59 Å². The summed E-state index contributed by atoms with van der Waals surface area (Å²) in [6.07, 6.45) is 1.74. The summed E-state index contributed by atoms with van der Waals surface area (Å²) in [5.74, 6) is 0.924. The van der Waals surface area contributed by atoms with Crippen molar-refractivity contribution in [2.24, 2.45) is 0 Å². The molecule has 0 aliphatic rings. The first kappa shape index (κ1) is 25.2. The van der Waals surface area contributed by atoms with Gasteiger partial charge in [0.2, 0.25) is 5.91 Å². The molecule has 34 heavy (non-hydrogen) atoms. The van der Waals surface area contributed by atoms with Crippen LogP contribution in [0.25, 0.3) is 0 Å². The van der Waals surface area contributed by atoms with Gasteiger partial charge in [0.1, 0.15) is 0 Å². The van der Waals surface area contributed by atoms with Crippen LogP contribution in [0.2, 0.25) is 0 Å². The fourth-order valence-corrected chi connectivity index (χ4v) is 4.19. The summed E-state index contributed by atoms with van der Waals surface area (Å²) in [6.45, 7) is 12.3. The van der Waals surface area contributed by atoms with Crippen LogP contribution in [-0.4, -0.2) is 32.3 Å². The van der Waals surface area contributed by atoms with Crippen molar-refractivity contribution in [3.05, 3.63) is 83.7 Å². The second kappa shape index (κ2) is 11.7. The Morgan fingerprint density at radius 1 is 1.12 bits per heavy atom. The van der Waals surface area contributed by atoms with E-state index in [1.165, 1.54) is 17.3 Å². The molecule has 2 amide bonds. The van der Waals surface area contributed by atoms with E-state index in [0.717, 1.165) is 11.3 Å². The van der Waals surface area contributed by atoms with Gasteiger partial charge in [-0.3, -0.25) is 9.59 Å². The highest BCUT2D eigenvalue weighted by molar-refractivity contribution is 7.99. The molecular formula is C26H31N5O2S. The topological polar surface area (TPSA) is 88.9 Å². The lowest BCUT2D eigenvalue weighted by Gasteiger charge is -2.15. The SMILES string of the molecule is C=CCn1c(SCC(=O)Nc2ccc(C(C)C)cc2)nnc1[C@@H](C)NC(=O)c1cccc(C)c1. The van der Waals surface area contributed by atoms with Crippen LogP contribution in [0.4, 0.5) is 5.69 Å². The normalized spacial score (nSPS) is 11.8. The molecule has 0 radical (unpaired) electrons. The highest BCUT2D eigenvalue weighted by Gasteiger charge is 2.20. The molecule has 3 aromatic rings. The second-order valence-electron chi connectivity index (χ2n) is 8.42. The molecule has 2 aromatic carbocycles. The third-order valence-electron chi connectivity index (χ3n) is 5.27. The van der Waals surface area contributed by atoms with Gasteiger partial charge in [-0.1, -0.05) is 61.5 Å². The first-order chi connectivity index (χ1) is 16.3. The van der Waals surface area contributed by atoms with Crippen LogP contribution in [0.5, 0.6) is 0 Å². The van der Waals surface area contributed by atoms with E-state index in [2.05, 4.69) is 41.3 Å². The summed E-state index contributed by atoms with van der Waals surface area (Å²) in [5, 5.41) is 15.0. The lowest BCUT2D eigenvalue weighted by molar-refractivity contribution is -0.113. The molecule has 0 bridgehead atoms. The molecule has 0 unspecified atom stereocenters. The lowest BCUT2D eigenvalue weighted by atomic mass is 10.0. The van der Waals surface area contributed by atoms with Gasteiger partial charge in [-0.25, -0.2) is 0 Å². The third kappa shape index (κ3) is 6.57. The molecule has 0 aliphatic heterocycles. The number of aryl methyl sites for hydroxylation is 1. The number of carbonyl (C=O) groups excluding carboxylic acids is 2. The van der Waals surface area contributed by atoms with Gasteiger partial charge in [-0.05, 0) is 49.6 Å². The zero-order chi connectivity index (χ0) is 24.7. The maximum Gasteiger partial charge on any atom is 0.251 e. The summed E-state index contributed by atoms with van der Waals surface area (Å²) in [4.78, 5) is 25.1. The number of amides is 2. The molecule has 178 valence electrons. The Morgan fingerprint density at radius 2 is 1.85 bits per heavy atom. The molecule has 1 aromatic heterocycles. The minimum Gasteiger partial charge on any atom is -0.342 e. The van der Waals surface area contributed by atoms with Gasteiger partial charge in [0, 0.05) is 17.8 Å². The van der Waals surface area contributed by atoms with Crippen LogP contribution in [0.15, 0.2) is 66.3 Å². The summed E-state index contributed by atoms with van der Waals surface area (Å²) in [6, 6.07) is 14.9. The van der Waals surface area contributed by atoms with Crippen molar-refractivity contribution < 1.29 is 9.59 Å². The van der Waals surface area contributed by atoms with Crippen LogP contribution in [-0.2, 0) is 11.3 Å². The second-order valence-corrected chi connectivity index (χ2v) is 9.36. The van der Waals surface area contributed by atoms with E-state index in [1.54, 1.807) is 12.1 Å². The smallest absolute Gasteiger partial charge is 0.251 e. The van der Waals surface area contributed by atoms with E-state index in [1.807, 2.05) is 60.9 Å². The number of hydrogen-bond acceptors (Lipinski definition) is 5. The molecule has 0 saturated carbocycles. The van der Waals surface area contributed by atoms with Gasteiger partial charge in [0.15, 0.2) is 11.0 Å². The monoisotopic (exact) mass is 477 g/mol. The van der Waals surface area contributed by atoms with Gasteiger partial charge in [-0.2, -0.15) is 0 Å². The van der Waals surface area contributed by atoms with Crippen molar-refractivity contribution in [3.63, 3.8) is 0 Å². The summed E-state index contributed by atoms with van der Waals surface area (Å²) >= 11 is 1.29. The van der Waals surface area contributed by atoms with E-state index in [-0.39, 0.29) is 23.6 Å². The Morgan fingerprint density at radius 3 is 2.50 bits per heavy atom. The lowest BCUT2D eigenvalue weighted by Crippen LogP contribution is -2.28. The van der Waals surface area contributed by atoms with Gasteiger partial charge in [0.05, 0.1) is 11.8 Å². The molecule has 0 aliphatic carbocycles. The highest BCUT2D eigenvalue weighted by Crippen LogP contribution is 2.22. The maximum atomic E-state index is 12.7. The molecule has 2 N–H and O–H groups in total. The van der Waals surface area contributed by atoms with Crippen LogP contribution in [0.3, 0.4) is 0 Å². The van der Waals surface area contributed by atoms with E-state index >= 15 is 0 Å². The highest BCUT2D eigenvalue weighted by atomic mass is 32.2. The fraction of sp³-hybridized carbons (Fsp3) is 0.308. The molecule has 0 saturated heterocycles. The third-order valence-corrected chi connectivity index (χ3v) is 6.23. The van der Waals surface area contributed by atoms with Crippen LogP contribution in [0.1, 0.15) is 60.0 Å². The number of carbonyl (C=O) groups is 2. The van der Waals surface area contributed by atoms with Gasteiger partial charge >= 0.3 is 0 Å². The predicted octanol–water partition coefficient (Wildman–Crippen LogP) is 5.12. The molecule has 8 heteroatoms. The molecule has 0 spiro atoms. The molecule has 3 rings (SSSR count). The minimum absolute atomic E-state index is 0.127. The van der Waals surface area contributed by atoms with Crippen molar-refractivity contribution in [2.45, 2.75) is 51.4 Å². The van der Waals surface area contributed by atoms with E-state index < -0.39 is 0 Å². The average Bonchev–Trinajstić information content (AvgIpc) is 3.21. The maximum absolute atomic E-state index is 12.7. The predicted molar refractivity (Wildman–Crippen MR) is 137 cm³/mol. The zero-order valence-corrected chi connectivity index (χ0v) is 20.9. The van der Waals surface area contributed by atoms with Gasteiger partial charge in [0.25, 0.3) is 5.91 Å². The Kier molecular flexibility index (Phi) is 8.65. The number of thioether (sulfide) groups is 1. The summed E-state index contributed by atoms with van der Waals surface area (Å²) in [7, 11) is 0. The average molecular weight is 478 g/mol. The minimum atomic E-state index is -0.372. The van der Waals surface area contributed by atoms with Crippen molar-refractivity contribution in [2.75, 3.05) is 11.1 Å². The molecule has 1 atom stereocenters. The van der Waals surface area contributed by atoms with E-state index in [0.29, 0.717) is 29.0 Å². The van der Waals surface area contributed by atoms with E-state index in [4.69, 9.17) is 0 Å². The van der Waals surface area contributed by atoms with Crippen molar-refractivity contribution in [1.29, 1.82) is 0 Å². The van der Waals surface area contributed by atoms with Crippen molar-refractivity contribution in [3.8, 4) is 0 Å². The number of benzene rings is 2. The van der Waals surface area contributed by atoms with Gasteiger partial charge in [-0.15, -0.1) is 16.8 Å². The Balaban J connectivity index is 1.64. The Hall–Kier alpha value is -3.39. The molecular weight excluding hydrogens is 446 g/mol. The van der Waals surface area contributed by atoms with Gasteiger partial charge < -0.3 is 15.2 Å². The first-order valence-corrected chi connectivity index (χ1v) is 12.2. The number of nitrogens with one attached hydrogen (secondary N) is 2.